The summed E-state index contributed by atoms with van der Waals surface area (Å²) in [7, 11) is 0. The predicted octanol–water partition coefficient (Wildman–Crippen LogP) is 4.13. The molecule has 0 saturated carbocycles. The van der Waals surface area contributed by atoms with Crippen LogP contribution in [0.25, 0.3) is 17.0 Å². The van der Waals surface area contributed by atoms with E-state index < -0.39 is 0 Å². The Morgan fingerprint density at radius 1 is 1.00 bits per heavy atom. The molecule has 1 N–H and O–H groups in total. The van der Waals surface area contributed by atoms with Gasteiger partial charge in [-0.2, -0.15) is 0 Å². The van der Waals surface area contributed by atoms with Crippen LogP contribution in [0.1, 0.15) is 23.2 Å². The third kappa shape index (κ3) is 3.92. The molecule has 1 amide bonds. The molecule has 5 rings (SSSR count). The van der Waals surface area contributed by atoms with E-state index in [4.69, 9.17) is 0 Å². The highest BCUT2D eigenvalue weighted by Gasteiger charge is 2.31. The summed E-state index contributed by atoms with van der Waals surface area (Å²) >= 11 is 0. The van der Waals surface area contributed by atoms with Crippen LogP contribution in [-0.4, -0.2) is 53.4 Å². The third-order valence-electron chi connectivity index (χ3n) is 6.60. The van der Waals surface area contributed by atoms with Crippen LogP contribution in [0.15, 0.2) is 60.7 Å². The number of aryl methyl sites for hydroxylation is 1. The number of benzene rings is 2. The van der Waals surface area contributed by atoms with E-state index in [1.807, 2.05) is 6.07 Å². The number of amides is 1. The van der Waals surface area contributed by atoms with Crippen molar-refractivity contribution in [1.82, 2.24) is 14.8 Å². The summed E-state index contributed by atoms with van der Waals surface area (Å²) in [5.74, 6) is 0.478. The van der Waals surface area contributed by atoms with E-state index in [2.05, 4.69) is 75.5 Å². The van der Waals surface area contributed by atoms with E-state index in [0.29, 0.717) is 5.91 Å². The monoisotopic (exact) mass is 399 g/mol. The molecule has 1 unspecified atom stereocenters. The van der Waals surface area contributed by atoms with E-state index in [-0.39, 0.29) is 5.92 Å². The van der Waals surface area contributed by atoms with E-state index in [9.17, 15) is 4.79 Å². The van der Waals surface area contributed by atoms with Crippen LogP contribution in [0.5, 0.6) is 0 Å². The van der Waals surface area contributed by atoms with Crippen molar-refractivity contribution in [2.24, 2.45) is 5.92 Å². The Kier molecular flexibility index (Phi) is 5.41. The van der Waals surface area contributed by atoms with E-state index in [1.165, 1.54) is 27.7 Å². The van der Waals surface area contributed by atoms with Gasteiger partial charge in [0.15, 0.2) is 0 Å². The van der Waals surface area contributed by atoms with Gasteiger partial charge in [-0.3, -0.25) is 9.69 Å². The lowest BCUT2D eigenvalue weighted by Gasteiger charge is -2.36. The van der Waals surface area contributed by atoms with Gasteiger partial charge in [0.2, 0.25) is 5.91 Å². The number of carbonyl (C=O) groups is 1. The zero-order valence-electron chi connectivity index (χ0n) is 17.4. The third-order valence-corrected chi connectivity index (χ3v) is 6.60. The number of fused-ring (bicyclic) bond motifs is 3. The molecule has 1 fully saturated rings. The average molecular weight is 400 g/mol. The molecule has 1 aliphatic heterocycles. The molecule has 0 spiro atoms. The molecule has 2 heterocycles. The van der Waals surface area contributed by atoms with Gasteiger partial charge in [0, 0.05) is 55.2 Å². The van der Waals surface area contributed by atoms with Crippen molar-refractivity contribution in [2.75, 3.05) is 32.7 Å². The van der Waals surface area contributed by atoms with Gasteiger partial charge in [-0.1, -0.05) is 60.7 Å². The number of H-pyrrole nitrogens is 1. The smallest absolute Gasteiger partial charge is 0.226 e. The van der Waals surface area contributed by atoms with Crippen LogP contribution in [0.3, 0.4) is 0 Å². The zero-order chi connectivity index (χ0) is 20.3. The first-order chi connectivity index (χ1) is 14.8. The number of carbonyl (C=O) groups excluding carboxylic acids is 1. The second-order valence-corrected chi connectivity index (χ2v) is 8.51. The highest BCUT2D eigenvalue weighted by atomic mass is 16.2. The van der Waals surface area contributed by atoms with Gasteiger partial charge in [0.05, 0.1) is 0 Å². The average Bonchev–Trinajstić information content (AvgIpc) is 3.18. The van der Waals surface area contributed by atoms with Gasteiger partial charge in [0.1, 0.15) is 0 Å². The van der Waals surface area contributed by atoms with Gasteiger partial charge in [0.25, 0.3) is 0 Å². The summed E-state index contributed by atoms with van der Waals surface area (Å²) in [6.07, 6.45) is 7.21. The van der Waals surface area contributed by atoms with Crippen LogP contribution >= 0.6 is 0 Å². The zero-order valence-corrected chi connectivity index (χ0v) is 17.4. The predicted molar refractivity (Wildman–Crippen MR) is 122 cm³/mol. The molecule has 1 aliphatic carbocycles. The molecule has 30 heavy (non-hydrogen) atoms. The Bertz CT molecular complexity index is 1040. The Hall–Kier alpha value is -2.85. The second kappa shape index (κ2) is 8.49. The normalized spacial score (nSPS) is 20.0. The summed E-state index contributed by atoms with van der Waals surface area (Å²) in [4.78, 5) is 21.3. The Balaban J connectivity index is 1.16. The lowest BCUT2D eigenvalue weighted by atomic mass is 9.85. The highest BCUT2D eigenvalue weighted by Crippen LogP contribution is 2.32. The topological polar surface area (TPSA) is 39.3 Å². The van der Waals surface area contributed by atoms with Gasteiger partial charge in [-0.15, -0.1) is 0 Å². The van der Waals surface area contributed by atoms with Crippen molar-refractivity contribution in [2.45, 2.75) is 19.3 Å². The molecule has 4 nitrogen and oxygen atoms in total. The quantitative estimate of drug-likeness (QED) is 0.716. The number of aromatic amines is 1. The van der Waals surface area contributed by atoms with E-state index in [0.717, 1.165) is 52.0 Å². The first-order valence-electron chi connectivity index (χ1n) is 11.1. The Morgan fingerprint density at radius 3 is 2.60 bits per heavy atom. The first-order valence-corrected chi connectivity index (χ1v) is 11.1. The Labute approximate surface area is 178 Å². The molecule has 2 aromatic carbocycles. The molecule has 1 aromatic heterocycles. The van der Waals surface area contributed by atoms with E-state index >= 15 is 0 Å². The number of piperazine rings is 1. The molecule has 1 atom stereocenters. The number of aromatic nitrogens is 1. The van der Waals surface area contributed by atoms with Crippen LogP contribution in [0.2, 0.25) is 0 Å². The molecule has 4 heteroatoms. The Morgan fingerprint density at radius 2 is 1.77 bits per heavy atom. The highest BCUT2D eigenvalue weighted by molar-refractivity contribution is 5.87. The fourth-order valence-electron chi connectivity index (χ4n) is 4.89. The van der Waals surface area contributed by atoms with Crippen molar-refractivity contribution in [3.63, 3.8) is 0 Å². The maximum absolute atomic E-state index is 13.2. The molecule has 2 aliphatic rings. The van der Waals surface area contributed by atoms with Crippen molar-refractivity contribution in [3.05, 3.63) is 77.5 Å². The summed E-state index contributed by atoms with van der Waals surface area (Å²) in [5.41, 5.74) is 5.13. The summed E-state index contributed by atoms with van der Waals surface area (Å²) in [5, 5.41) is 1.29. The minimum absolute atomic E-state index is 0.126. The lowest BCUT2D eigenvalue weighted by Crippen LogP contribution is -2.50. The second-order valence-electron chi connectivity index (χ2n) is 8.51. The maximum atomic E-state index is 13.2. The number of nitrogens with zero attached hydrogens (tertiary/aromatic N) is 2. The molecule has 154 valence electrons. The first kappa shape index (κ1) is 19.1. The number of para-hydroxylation sites is 1. The largest absolute Gasteiger partial charge is 0.358 e. The summed E-state index contributed by atoms with van der Waals surface area (Å²) < 4.78 is 0. The van der Waals surface area contributed by atoms with Crippen molar-refractivity contribution >= 4 is 22.9 Å². The molecule has 0 radical (unpaired) electrons. The van der Waals surface area contributed by atoms with Crippen LogP contribution < -0.4 is 0 Å². The number of hydrogen-bond acceptors (Lipinski definition) is 2. The van der Waals surface area contributed by atoms with Gasteiger partial charge in [-0.25, -0.2) is 0 Å². The standard InChI is InChI=1S/C26H29N3O/c30-26(21-12-13-25-23(19-21)22-10-4-5-11-24(22)27-25)29-17-15-28(16-18-29)14-6-9-20-7-2-1-3-8-20/h1-11,21,27H,12-19H2/b9-6+. The van der Waals surface area contributed by atoms with Crippen molar-refractivity contribution < 1.29 is 4.79 Å². The molecule has 3 aromatic rings. The lowest BCUT2D eigenvalue weighted by molar-refractivity contribution is -0.137. The SMILES string of the molecule is O=C(C1CCc2[nH]c3ccccc3c2C1)N1CCN(C/C=C/c2ccccc2)CC1. The van der Waals surface area contributed by atoms with Crippen molar-refractivity contribution in [3.8, 4) is 0 Å². The van der Waals surface area contributed by atoms with Crippen LogP contribution in [0.4, 0.5) is 0 Å². The number of nitrogens with one attached hydrogen (secondary N) is 1. The minimum Gasteiger partial charge on any atom is -0.358 e. The number of rotatable bonds is 4. The molecule has 0 bridgehead atoms. The van der Waals surface area contributed by atoms with Gasteiger partial charge >= 0.3 is 0 Å². The summed E-state index contributed by atoms with van der Waals surface area (Å²) in [6, 6.07) is 18.9. The molecular formula is C26H29N3O. The maximum Gasteiger partial charge on any atom is 0.226 e. The van der Waals surface area contributed by atoms with Gasteiger partial charge in [-0.05, 0) is 36.5 Å². The molecular weight excluding hydrogens is 370 g/mol. The number of hydrogen-bond donors (Lipinski definition) is 1. The van der Waals surface area contributed by atoms with E-state index in [1.54, 1.807) is 0 Å². The van der Waals surface area contributed by atoms with Crippen LogP contribution in [0, 0.1) is 5.92 Å². The van der Waals surface area contributed by atoms with Crippen molar-refractivity contribution in [1.29, 1.82) is 0 Å². The van der Waals surface area contributed by atoms with Gasteiger partial charge < -0.3 is 9.88 Å². The minimum atomic E-state index is 0.126. The molecule has 1 saturated heterocycles. The summed E-state index contributed by atoms with van der Waals surface area (Å²) in [6.45, 7) is 4.54. The fraction of sp³-hybridized carbons (Fsp3) is 0.346. The van der Waals surface area contributed by atoms with Crippen LogP contribution in [-0.2, 0) is 17.6 Å². The fourth-order valence-corrected chi connectivity index (χ4v) is 4.89.